The van der Waals surface area contributed by atoms with Gasteiger partial charge in [-0.25, -0.2) is 4.79 Å². The minimum absolute atomic E-state index is 0.167. The Morgan fingerprint density at radius 2 is 1.91 bits per heavy atom. The van der Waals surface area contributed by atoms with Crippen molar-refractivity contribution in [2.24, 2.45) is 11.8 Å². The van der Waals surface area contributed by atoms with Gasteiger partial charge in [-0.2, -0.15) is 0 Å². The molecule has 0 radical (unpaired) electrons. The fraction of sp³-hybridized carbons (Fsp3) is 0.812. The number of imide groups is 1. The van der Waals surface area contributed by atoms with E-state index >= 15 is 0 Å². The van der Waals surface area contributed by atoms with Crippen LogP contribution in [0.2, 0.25) is 0 Å². The number of rotatable bonds is 5. The quantitative estimate of drug-likeness (QED) is 0.754. The number of hydrogen-bond acceptors (Lipinski definition) is 3. The number of nitrogens with one attached hydrogen (secondary N) is 2. The predicted molar refractivity (Wildman–Crippen MR) is 81.0 cm³/mol. The number of hydrogen-bond donors (Lipinski definition) is 2. The summed E-state index contributed by atoms with van der Waals surface area (Å²) in [7, 11) is 0. The average Bonchev–Trinajstić information content (AvgIpc) is 3.33. The number of urea groups is 1. The topological polar surface area (TPSA) is 78.5 Å². The average molecular weight is 307 g/mol. The molecule has 0 bridgehead atoms. The van der Waals surface area contributed by atoms with Crippen molar-refractivity contribution in [3.63, 3.8) is 0 Å². The first-order valence-electron chi connectivity index (χ1n) is 8.41. The zero-order valence-corrected chi connectivity index (χ0v) is 13.2. The van der Waals surface area contributed by atoms with Crippen LogP contribution in [0.4, 0.5) is 4.79 Å². The van der Waals surface area contributed by atoms with E-state index in [1.165, 1.54) is 19.3 Å². The van der Waals surface area contributed by atoms with Crippen molar-refractivity contribution < 1.29 is 14.4 Å². The highest BCUT2D eigenvalue weighted by atomic mass is 16.2. The van der Waals surface area contributed by atoms with Gasteiger partial charge in [0.25, 0.3) is 5.91 Å². The highest BCUT2D eigenvalue weighted by Gasteiger charge is 2.56. The van der Waals surface area contributed by atoms with Crippen LogP contribution in [0.15, 0.2) is 0 Å². The van der Waals surface area contributed by atoms with Crippen LogP contribution in [0.3, 0.4) is 0 Å². The molecule has 0 unspecified atom stereocenters. The maximum absolute atomic E-state index is 12.4. The Balaban J connectivity index is 1.50. The van der Waals surface area contributed by atoms with E-state index in [-0.39, 0.29) is 24.3 Å². The molecule has 6 heteroatoms. The van der Waals surface area contributed by atoms with Crippen molar-refractivity contribution >= 4 is 17.8 Å². The highest BCUT2D eigenvalue weighted by Crippen LogP contribution is 2.42. The zero-order valence-electron chi connectivity index (χ0n) is 13.2. The molecule has 1 atom stereocenters. The molecular formula is C16H25N3O3. The lowest BCUT2D eigenvalue weighted by atomic mass is 9.89. The summed E-state index contributed by atoms with van der Waals surface area (Å²) in [6, 6.07) is -0.438. The third-order valence-corrected chi connectivity index (χ3v) is 5.31. The standard InChI is InChI=1S/C16H25N3O3/c1-16(12-7-8-12)14(21)19(15(22)18-16)10-13(20)17-9-11-5-3-2-4-6-11/h11-12H,2-10H2,1H3,(H,17,20)(H,18,22)/t16-/m0/s1. The van der Waals surface area contributed by atoms with E-state index in [4.69, 9.17) is 0 Å². The van der Waals surface area contributed by atoms with Gasteiger partial charge in [-0.15, -0.1) is 0 Å². The van der Waals surface area contributed by atoms with Gasteiger partial charge < -0.3 is 10.6 Å². The predicted octanol–water partition coefficient (Wildman–Crippen LogP) is 1.40. The van der Waals surface area contributed by atoms with Crippen LogP contribution in [-0.4, -0.2) is 41.4 Å². The molecule has 1 aliphatic heterocycles. The second-order valence-corrected chi connectivity index (χ2v) is 7.11. The van der Waals surface area contributed by atoms with Gasteiger partial charge in [0.1, 0.15) is 12.1 Å². The SMILES string of the molecule is C[C@@]1(C2CC2)NC(=O)N(CC(=O)NCC2CCCCC2)C1=O. The molecular weight excluding hydrogens is 282 g/mol. The van der Waals surface area contributed by atoms with E-state index in [9.17, 15) is 14.4 Å². The maximum atomic E-state index is 12.4. The number of nitrogens with zero attached hydrogens (tertiary/aromatic N) is 1. The molecule has 0 spiro atoms. The van der Waals surface area contributed by atoms with Gasteiger partial charge in [0.15, 0.2) is 0 Å². The molecule has 2 N–H and O–H groups in total. The number of amides is 4. The molecule has 2 saturated carbocycles. The van der Waals surface area contributed by atoms with Crippen molar-refractivity contribution in [3.8, 4) is 0 Å². The summed E-state index contributed by atoms with van der Waals surface area (Å²) in [6.07, 6.45) is 7.98. The molecule has 122 valence electrons. The molecule has 0 aromatic rings. The molecule has 22 heavy (non-hydrogen) atoms. The molecule has 3 rings (SSSR count). The van der Waals surface area contributed by atoms with E-state index in [2.05, 4.69) is 10.6 Å². The molecule has 2 aliphatic carbocycles. The van der Waals surface area contributed by atoms with E-state index in [1.54, 1.807) is 6.92 Å². The summed E-state index contributed by atoms with van der Waals surface area (Å²) in [5, 5.41) is 5.64. The van der Waals surface area contributed by atoms with Crippen LogP contribution in [0.25, 0.3) is 0 Å². The minimum atomic E-state index is -0.805. The molecule has 0 aromatic carbocycles. The molecule has 3 fully saturated rings. The fourth-order valence-electron chi connectivity index (χ4n) is 3.65. The largest absolute Gasteiger partial charge is 0.354 e. The lowest BCUT2D eigenvalue weighted by Gasteiger charge is -2.23. The Kier molecular flexibility index (Phi) is 4.10. The maximum Gasteiger partial charge on any atom is 0.325 e. The summed E-state index contributed by atoms with van der Waals surface area (Å²) in [4.78, 5) is 37.5. The van der Waals surface area contributed by atoms with Gasteiger partial charge >= 0.3 is 6.03 Å². The smallest absolute Gasteiger partial charge is 0.325 e. The Morgan fingerprint density at radius 1 is 1.23 bits per heavy atom. The molecule has 0 aromatic heterocycles. The van der Waals surface area contributed by atoms with Crippen LogP contribution in [0.5, 0.6) is 0 Å². The van der Waals surface area contributed by atoms with Crippen molar-refractivity contribution in [2.45, 2.75) is 57.4 Å². The van der Waals surface area contributed by atoms with Crippen molar-refractivity contribution in [2.75, 3.05) is 13.1 Å². The summed E-state index contributed by atoms with van der Waals surface area (Å²) in [5.41, 5.74) is -0.805. The lowest BCUT2D eigenvalue weighted by Crippen LogP contribution is -2.47. The third-order valence-electron chi connectivity index (χ3n) is 5.31. The van der Waals surface area contributed by atoms with Gasteiger partial charge in [0.2, 0.25) is 5.91 Å². The monoisotopic (exact) mass is 307 g/mol. The molecule has 4 amide bonds. The van der Waals surface area contributed by atoms with Crippen molar-refractivity contribution in [3.05, 3.63) is 0 Å². The van der Waals surface area contributed by atoms with E-state index < -0.39 is 11.6 Å². The normalized spacial score (nSPS) is 29.6. The van der Waals surface area contributed by atoms with E-state index in [0.29, 0.717) is 12.5 Å². The van der Waals surface area contributed by atoms with Gasteiger partial charge in [-0.05, 0) is 44.4 Å². The van der Waals surface area contributed by atoms with Gasteiger partial charge in [0.05, 0.1) is 0 Å². The van der Waals surface area contributed by atoms with Gasteiger partial charge in [-0.1, -0.05) is 19.3 Å². The summed E-state index contributed by atoms with van der Waals surface area (Å²) in [6.45, 7) is 2.26. The Labute approximate surface area is 131 Å². The molecule has 1 saturated heterocycles. The fourth-order valence-corrected chi connectivity index (χ4v) is 3.65. The zero-order chi connectivity index (χ0) is 15.7. The van der Waals surface area contributed by atoms with E-state index in [1.807, 2.05) is 0 Å². The molecule has 6 nitrogen and oxygen atoms in total. The Morgan fingerprint density at radius 3 is 2.55 bits per heavy atom. The van der Waals surface area contributed by atoms with Crippen LogP contribution in [0, 0.1) is 11.8 Å². The van der Waals surface area contributed by atoms with E-state index in [0.717, 1.165) is 30.6 Å². The van der Waals surface area contributed by atoms with Crippen LogP contribution in [0.1, 0.15) is 51.9 Å². The highest BCUT2D eigenvalue weighted by molar-refractivity contribution is 6.09. The Bertz CT molecular complexity index is 483. The minimum Gasteiger partial charge on any atom is -0.354 e. The summed E-state index contributed by atoms with van der Waals surface area (Å²) >= 11 is 0. The van der Waals surface area contributed by atoms with Crippen molar-refractivity contribution in [1.82, 2.24) is 15.5 Å². The second-order valence-electron chi connectivity index (χ2n) is 7.11. The Hall–Kier alpha value is -1.59. The van der Waals surface area contributed by atoms with Gasteiger partial charge in [0, 0.05) is 6.54 Å². The van der Waals surface area contributed by atoms with Gasteiger partial charge in [-0.3, -0.25) is 14.5 Å². The first kappa shape index (κ1) is 15.3. The van der Waals surface area contributed by atoms with Crippen molar-refractivity contribution in [1.29, 1.82) is 0 Å². The third kappa shape index (κ3) is 2.96. The second kappa shape index (κ2) is 5.89. The number of carbonyl (C=O) groups is 3. The first-order chi connectivity index (χ1) is 10.5. The molecule has 1 heterocycles. The van der Waals surface area contributed by atoms with Crippen LogP contribution < -0.4 is 10.6 Å². The number of carbonyl (C=O) groups excluding carboxylic acids is 3. The molecule has 3 aliphatic rings. The summed E-state index contributed by atoms with van der Waals surface area (Å²) in [5.74, 6) is 0.263. The first-order valence-corrected chi connectivity index (χ1v) is 8.41. The lowest BCUT2D eigenvalue weighted by molar-refractivity contribution is -0.135. The van der Waals surface area contributed by atoms with Crippen LogP contribution in [-0.2, 0) is 9.59 Å². The summed E-state index contributed by atoms with van der Waals surface area (Å²) < 4.78 is 0. The van der Waals surface area contributed by atoms with Crippen LogP contribution >= 0.6 is 0 Å².